The Morgan fingerprint density at radius 3 is 2.33 bits per heavy atom. The Labute approximate surface area is 142 Å². The van der Waals surface area contributed by atoms with Crippen molar-refractivity contribution in [1.82, 2.24) is 10.6 Å². The molecule has 1 atom stereocenters. The lowest BCUT2D eigenvalue weighted by atomic mass is 10.0. The minimum absolute atomic E-state index is 0.132. The van der Waals surface area contributed by atoms with Gasteiger partial charge in [0.2, 0.25) is 11.8 Å². The van der Waals surface area contributed by atoms with Crippen LogP contribution in [0.15, 0.2) is 24.3 Å². The van der Waals surface area contributed by atoms with Gasteiger partial charge in [-0.15, -0.1) is 0 Å². The molecule has 6 heteroatoms. The van der Waals surface area contributed by atoms with Gasteiger partial charge in [-0.2, -0.15) is 0 Å². The van der Waals surface area contributed by atoms with E-state index in [4.69, 9.17) is 5.11 Å². The largest absolute Gasteiger partial charge is 0.481 e. The zero-order valence-corrected chi connectivity index (χ0v) is 14.3. The lowest BCUT2D eigenvalue weighted by Gasteiger charge is -2.18. The van der Waals surface area contributed by atoms with Gasteiger partial charge in [-0.05, 0) is 25.3 Å². The second-order valence-corrected chi connectivity index (χ2v) is 5.92. The van der Waals surface area contributed by atoms with Gasteiger partial charge in [-0.25, -0.2) is 0 Å². The second-order valence-electron chi connectivity index (χ2n) is 5.92. The molecule has 0 spiro atoms. The topological polar surface area (TPSA) is 95.5 Å². The fraction of sp³-hybridized carbons (Fsp3) is 0.500. The molecule has 0 bridgehead atoms. The van der Waals surface area contributed by atoms with Crippen LogP contribution in [0, 0.1) is 6.92 Å². The summed E-state index contributed by atoms with van der Waals surface area (Å²) >= 11 is 0. The Hall–Kier alpha value is -2.37. The molecule has 24 heavy (non-hydrogen) atoms. The highest BCUT2D eigenvalue weighted by atomic mass is 16.4. The van der Waals surface area contributed by atoms with Crippen molar-refractivity contribution in [2.75, 3.05) is 6.54 Å². The van der Waals surface area contributed by atoms with Gasteiger partial charge in [-0.3, -0.25) is 14.4 Å². The monoisotopic (exact) mass is 334 g/mol. The molecule has 0 aliphatic carbocycles. The Kier molecular flexibility index (Phi) is 8.54. The number of nitrogens with one attached hydrogen (secondary N) is 2. The molecule has 1 aromatic carbocycles. The van der Waals surface area contributed by atoms with E-state index in [-0.39, 0.29) is 30.7 Å². The summed E-state index contributed by atoms with van der Waals surface area (Å²) in [4.78, 5) is 33.8. The number of carboxylic acids is 1. The molecule has 0 aromatic heterocycles. The van der Waals surface area contributed by atoms with Crippen LogP contribution >= 0.6 is 0 Å². The van der Waals surface area contributed by atoms with Crippen LogP contribution in [0.5, 0.6) is 0 Å². The Balaban J connectivity index is 2.42. The van der Waals surface area contributed by atoms with E-state index in [2.05, 4.69) is 10.6 Å². The summed E-state index contributed by atoms with van der Waals surface area (Å²) in [6.45, 7) is 3.93. The van der Waals surface area contributed by atoms with E-state index in [0.717, 1.165) is 24.0 Å². The predicted molar refractivity (Wildman–Crippen MR) is 91.5 cm³/mol. The molecular weight excluding hydrogens is 308 g/mol. The SMILES string of the molecule is CC(=O)NC(CC(=O)NCCCCCC(=O)O)c1ccc(C)cc1. The third-order valence-electron chi connectivity index (χ3n) is 3.64. The van der Waals surface area contributed by atoms with E-state index in [1.165, 1.54) is 6.92 Å². The molecule has 1 unspecified atom stereocenters. The highest BCUT2D eigenvalue weighted by molar-refractivity contribution is 5.79. The molecule has 3 N–H and O–H groups in total. The molecule has 0 fully saturated rings. The van der Waals surface area contributed by atoms with Crippen LogP contribution in [-0.4, -0.2) is 29.4 Å². The smallest absolute Gasteiger partial charge is 0.303 e. The summed E-state index contributed by atoms with van der Waals surface area (Å²) in [7, 11) is 0. The molecule has 6 nitrogen and oxygen atoms in total. The van der Waals surface area contributed by atoms with Crippen LogP contribution in [0.3, 0.4) is 0 Å². The maximum Gasteiger partial charge on any atom is 0.303 e. The molecular formula is C18H26N2O4. The zero-order valence-electron chi connectivity index (χ0n) is 14.3. The molecule has 132 valence electrons. The van der Waals surface area contributed by atoms with Gasteiger partial charge in [0.1, 0.15) is 0 Å². The van der Waals surface area contributed by atoms with E-state index in [9.17, 15) is 14.4 Å². The molecule has 0 aliphatic heterocycles. The van der Waals surface area contributed by atoms with Crippen molar-refractivity contribution in [3.8, 4) is 0 Å². The van der Waals surface area contributed by atoms with Crippen LogP contribution < -0.4 is 10.6 Å². The normalized spacial score (nSPS) is 11.6. The molecule has 0 radical (unpaired) electrons. The van der Waals surface area contributed by atoms with Crippen molar-refractivity contribution >= 4 is 17.8 Å². The van der Waals surface area contributed by atoms with Crippen LogP contribution in [0.25, 0.3) is 0 Å². The average molecular weight is 334 g/mol. The molecule has 0 heterocycles. The lowest BCUT2D eigenvalue weighted by Crippen LogP contribution is -2.33. The summed E-state index contributed by atoms with van der Waals surface area (Å²) in [6.07, 6.45) is 2.46. The minimum atomic E-state index is -0.796. The average Bonchev–Trinajstić information content (AvgIpc) is 2.50. The van der Waals surface area contributed by atoms with Crippen molar-refractivity contribution in [3.05, 3.63) is 35.4 Å². The van der Waals surface area contributed by atoms with Crippen molar-refractivity contribution < 1.29 is 19.5 Å². The van der Waals surface area contributed by atoms with Gasteiger partial charge in [0.05, 0.1) is 12.5 Å². The number of carbonyl (C=O) groups excluding carboxylic acids is 2. The molecule has 0 saturated carbocycles. The van der Waals surface area contributed by atoms with Gasteiger partial charge < -0.3 is 15.7 Å². The van der Waals surface area contributed by atoms with Gasteiger partial charge in [-0.1, -0.05) is 36.2 Å². The number of hydrogen-bond acceptors (Lipinski definition) is 3. The first kappa shape index (κ1) is 19.7. The highest BCUT2D eigenvalue weighted by Gasteiger charge is 2.16. The lowest BCUT2D eigenvalue weighted by molar-refractivity contribution is -0.137. The molecule has 0 saturated heterocycles. The third-order valence-corrected chi connectivity index (χ3v) is 3.64. The van der Waals surface area contributed by atoms with E-state index < -0.39 is 5.97 Å². The number of carbonyl (C=O) groups is 3. The van der Waals surface area contributed by atoms with E-state index in [1.807, 2.05) is 31.2 Å². The van der Waals surface area contributed by atoms with Crippen LogP contribution in [0.1, 0.15) is 56.2 Å². The Morgan fingerprint density at radius 1 is 1.08 bits per heavy atom. The van der Waals surface area contributed by atoms with Crippen LogP contribution in [0.4, 0.5) is 0 Å². The maximum atomic E-state index is 12.1. The summed E-state index contributed by atoms with van der Waals surface area (Å²) in [5.41, 5.74) is 2.01. The molecule has 0 aliphatic rings. The highest BCUT2D eigenvalue weighted by Crippen LogP contribution is 2.17. The first-order valence-corrected chi connectivity index (χ1v) is 8.20. The van der Waals surface area contributed by atoms with E-state index in [1.54, 1.807) is 0 Å². The van der Waals surface area contributed by atoms with Crippen molar-refractivity contribution in [3.63, 3.8) is 0 Å². The fourth-order valence-electron chi connectivity index (χ4n) is 2.36. The third kappa shape index (κ3) is 8.31. The maximum absolute atomic E-state index is 12.1. The molecule has 2 amide bonds. The van der Waals surface area contributed by atoms with E-state index in [0.29, 0.717) is 13.0 Å². The standard InChI is InChI=1S/C18H26N2O4/c1-13-7-9-15(10-8-13)16(20-14(2)21)12-17(22)19-11-5-3-4-6-18(23)24/h7-10,16H,3-6,11-12H2,1-2H3,(H,19,22)(H,20,21)(H,23,24). The Bertz CT molecular complexity index is 555. The number of aryl methyl sites for hydroxylation is 1. The van der Waals surface area contributed by atoms with Gasteiger partial charge in [0.15, 0.2) is 0 Å². The van der Waals surface area contributed by atoms with Crippen LogP contribution in [-0.2, 0) is 14.4 Å². The van der Waals surface area contributed by atoms with Crippen molar-refractivity contribution in [1.29, 1.82) is 0 Å². The summed E-state index contributed by atoms with van der Waals surface area (Å²) < 4.78 is 0. The van der Waals surface area contributed by atoms with Gasteiger partial charge >= 0.3 is 5.97 Å². The summed E-state index contributed by atoms with van der Waals surface area (Å²) in [5, 5.41) is 14.2. The predicted octanol–water partition coefficient (Wildman–Crippen LogP) is 2.32. The van der Waals surface area contributed by atoms with Gasteiger partial charge in [0.25, 0.3) is 0 Å². The molecule has 1 rings (SSSR count). The first-order valence-electron chi connectivity index (χ1n) is 8.20. The number of amides is 2. The zero-order chi connectivity index (χ0) is 17.9. The van der Waals surface area contributed by atoms with Gasteiger partial charge in [0, 0.05) is 19.9 Å². The minimum Gasteiger partial charge on any atom is -0.481 e. The van der Waals surface area contributed by atoms with E-state index >= 15 is 0 Å². The molecule has 1 aromatic rings. The fourth-order valence-corrected chi connectivity index (χ4v) is 2.36. The van der Waals surface area contributed by atoms with Crippen molar-refractivity contribution in [2.24, 2.45) is 0 Å². The number of unbranched alkanes of at least 4 members (excludes halogenated alkanes) is 2. The second kappa shape index (κ2) is 10.4. The number of benzene rings is 1. The van der Waals surface area contributed by atoms with Crippen molar-refractivity contribution in [2.45, 2.75) is 52.0 Å². The Morgan fingerprint density at radius 2 is 1.75 bits per heavy atom. The van der Waals surface area contributed by atoms with Crippen LogP contribution in [0.2, 0.25) is 0 Å². The summed E-state index contributed by atoms with van der Waals surface area (Å²) in [6, 6.07) is 7.37. The number of hydrogen-bond donors (Lipinski definition) is 3. The first-order chi connectivity index (χ1) is 11.4. The summed E-state index contributed by atoms with van der Waals surface area (Å²) in [5.74, 6) is -1.11. The number of aliphatic carboxylic acids is 1. The quantitative estimate of drug-likeness (QED) is 0.572. The number of carboxylic acid groups (broad SMARTS) is 1. The number of rotatable bonds is 10.